The van der Waals surface area contributed by atoms with Gasteiger partial charge in [0.25, 0.3) is 0 Å². The third-order valence-corrected chi connectivity index (χ3v) is 4.98. The van der Waals surface area contributed by atoms with Crippen LogP contribution in [0.3, 0.4) is 0 Å². The highest BCUT2D eigenvalue weighted by atomic mass is 16.2. The Morgan fingerprint density at radius 1 is 1.10 bits per heavy atom. The molecule has 1 saturated heterocycles. The molecule has 1 aromatic heterocycles. The van der Waals surface area contributed by atoms with Crippen LogP contribution in [0, 0.1) is 0 Å². The zero-order chi connectivity index (χ0) is 20.5. The van der Waals surface area contributed by atoms with Gasteiger partial charge in [-0.3, -0.25) is 9.79 Å². The fourth-order valence-electron chi connectivity index (χ4n) is 3.28. The summed E-state index contributed by atoms with van der Waals surface area (Å²) < 4.78 is 0. The second kappa shape index (κ2) is 10.4. The zero-order valence-electron chi connectivity index (χ0n) is 17.1. The van der Waals surface area contributed by atoms with Gasteiger partial charge in [0.15, 0.2) is 5.96 Å². The van der Waals surface area contributed by atoms with Crippen LogP contribution in [0.15, 0.2) is 53.8 Å². The van der Waals surface area contributed by atoms with E-state index in [0.717, 1.165) is 19.0 Å². The Morgan fingerprint density at radius 3 is 2.45 bits per heavy atom. The molecule has 29 heavy (non-hydrogen) atoms. The van der Waals surface area contributed by atoms with Gasteiger partial charge in [-0.05, 0) is 18.6 Å². The van der Waals surface area contributed by atoms with Crippen LogP contribution >= 0.6 is 0 Å². The van der Waals surface area contributed by atoms with E-state index < -0.39 is 0 Å². The van der Waals surface area contributed by atoms with Crippen LogP contribution in [0.1, 0.15) is 24.9 Å². The minimum absolute atomic E-state index is 0.131. The van der Waals surface area contributed by atoms with E-state index in [1.165, 1.54) is 5.56 Å². The maximum Gasteiger partial charge on any atom is 0.225 e. The molecule has 1 aliphatic rings. The molecule has 2 aromatic rings. The Balaban J connectivity index is 1.39. The molecule has 1 fully saturated rings. The van der Waals surface area contributed by atoms with Crippen molar-refractivity contribution in [2.24, 2.45) is 4.99 Å². The molecule has 0 aliphatic carbocycles. The molecular formula is C21H29N7O. The van der Waals surface area contributed by atoms with Gasteiger partial charge in [-0.25, -0.2) is 9.97 Å². The average molecular weight is 396 g/mol. The van der Waals surface area contributed by atoms with Crippen LogP contribution in [-0.2, 0) is 4.79 Å². The van der Waals surface area contributed by atoms with E-state index in [1.807, 2.05) is 23.1 Å². The molecule has 1 aliphatic heterocycles. The lowest BCUT2D eigenvalue weighted by atomic mass is 10.1. The Kier molecular flexibility index (Phi) is 7.38. The molecule has 1 aromatic carbocycles. The topological polar surface area (TPSA) is 85.8 Å². The normalized spacial score (nSPS) is 15.7. The van der Waals surface area contributed by atoms with Crippen molar-refractivity contribution in [2.45, 2.75) is 19.4 Å². The molecule has 1 atom stereocenters. The highest BCUT2D eigenvalue weighted by Crippen LogP contribution is 2.11. The summed E-state index contributed by atoms with van der Waals surface area (Å²) in [6.45, 7) is 5.51. The minimum Gasteiger partial charge on any atom is -0.356 e. The molecule has 3 rings (SSSR count). The number of hydrogen-bond donors (Lipinski definition) is 2. The first-order valence-corrected chi connectivity index (χ1v) is 9.99. The van der Waals surface area contributed by atoms with E-state index in [-0.39, 0.29) is 11.9 Å². The molecule has 1 amide bonds. The molecule has 1 unspecified atom stereocenters. The molecule has 8 nitrogen and oxygen atoms in total. The quantitative estimate of drug-likeness (QED) is 0.569. The summed E-state index contributed by atoms with van der Waals surface area (Å²) in [5, 5.41) is 6.59. The number of anilines is 1. The SMILES string of the molecule is CN=C(NCCC(=O)N1CCN(c2ncccn2)CC1)NC(C)c1ccccc1. The van der Waals surface area contributed by atoms with Crippen LogP contribution in [0.2, 0.25) is 0 Å². The predicted molar refractivity (Wildman–Crippen MR) is 115 cm³/mol. The summed E-state index contributed by atoms with van der Waals surface area (Å²) in [5.74, 6) is 1.57. The van der Waals surface area contributed by atoms with Crippen molar-refractivity contribution >= 4 is 17.8 Å². The van der Waals surface area contributed by atoms with E-state index in [9.17, 15) is 4.79 Å². The van der Waals surface area contributed by atoms with Gasteiger partial charge < -0.3 is 20.4 Å². The maximum atomic E-state index is 12.5. The molecular weight excluding hydrogens is 366 g/mol. The van der Waals surface area contributed by atoms with Gasteiger partial charge in [-0.2, -0.15) is 0 Å². The summed E-state index contributed by atoms with van der Waals surface area (Å²) >= 11 is 0. The Labute approximate surface area is 172 Å². The second-order valence-corrected chi connectivity index (χ2v) is 6.94. The molecule has 0 radical (unpaired) electrons. The summed E-state index contributed by atoms with van der Waals surface area (Å²) in [6, 6.07) is 12.1. The monoisotopic (exact) mass is 395 g/mol. The van der Waals surface area contributed by atoms with Gasteiger partial charge in [0.2, 0.25) is 11.9 Å². The van der Waals surface area contributed by atoms with Crippen LogP contribution < -0.4 is 15.5 Å². The van der Waals surface area contributed by atoms with Gasteiger partial charge >= 0.3 is 0 Å². The largest absolute Gasteiger partial charge is 0.356 e. The number of aromatic nitrogens is 2. The van der Waals surface area contributed by atoms with Crippen molar-refractivity contribution in [2.75, 3.05) is 44.7 Å². The molecule has 0 spiro atoms. The molecule has 0 saturated carbocycles. The number of carbonyl (C=O) groups excluding carboxylic acids is 1. The van der Waals surface area contributed by atoms with Crippen molar-refractivity contribution < 1.29 is 4.79 Å². The van der Waals surface area contributed by atoms with E-state index in [1.54, 1.807) is 25.5 Å². The number of aliphatic imine (C=N–C) groups is 1. The lowest BCUT2D eigenvalue weighted by Crippen LogP contribution is -2.50. The van der Waals surface area contributed by atoms with Crippen LogP contribution in [-0.4, -0.2) is 66.5 Å². The molecule has 2 N–H and O–H groups in total. The van der Waals surface area contributed by atoms with Crippen molar-refractivity contribution in [3.8, 4) is 0 Å². The van der Waals surface area contributed by atoms with Gasteiger partial charge in [-0.15, -0.1) is 0 Å². The smallest absolute Gasteiger partial charge is 0.225 e. The third kappa shape index (κ3) is 5.91. The number of rotatable bonds is 6. The van der Waals surface area contributed by atoms with E-state index in [4.69, 9.17) is 0 Å². The first kappa shape index (κ1) is 20.6. The highest BCUT2D eigenvalue weighted by Gasteiger charge is 2.22. The molecule has 154 valence electrons. The van der Waals surface area contributed by atoms with Gasteiger partial charge in [0.1, 0.15) is 0 Å². The number of benzene rings is 1. The number of piperazine rings is 1. The Morgan fingerprint density at radius 2 is 1.79 bits per heavy atom. The fraction of sp³-hybridized carbons (Fsp3) is 0.429. The fourth-order valence-corrected chi connectivity index (χ4v) is 3.28. The number of nitrogens with zero attached hydrogens (tertiary/aromatic N) is 5. The van der Waals surface area contributed by atoms with Gasteiger partial charge in [0.05, 0.1) is 6.04 Å². The first-order valence-electron chi connectivity index (χ1n) is 9.99. The summed E-state index contributed by atoms with van der Waals surface area (Å²) in [7, 11) is 1.74. The van der Waals surface area contributed by atoms with Crippen molar-refractivity contribution in [3.63, 3.8) is 0 Å². The van der Waals surface area contributed by atoms with Crippen molar-refractivity contribution in [1.82, 2.24) is 25.5 Å². The maximum absolute atomic E-state index is 12.5. The Hall–Kier alpha value is -3.16. The highest BCUT2D eigenvalue weighted by molar-refractivity contribution is 5.81. The standard InChI is InChI=1S/C21H29N7O/c1-17(18-7-4-3-5-8-18)26-20(22-2)23-12-9-19(29)27-13-15-28(16-14-27)21-24-10-6-11-25-21/h3-8,10-11,17H,9,12-16H2,1-2H3,(H2,22,23,26). The van der Waals surface area contributed by atoms with Gasteiger partial charge in [0, 0.05) is 58.6 Å². The van der Waals surface area contributed by atoms with Crippen molar-refractivity contribution in [3.05, 3.63) is 54.4 Å². The number of amides is 1. The van der Waals surface area contributed by atoms with Crippen LogP contribution in [0.5, 0.6) is 0 Å². The van der Waals surface area contributed by atoms with Crippen LogP contribution in [0.4, 0.5) is 5.95 Å². The van der Waals surface area contributed by atoms with E-state index >= 15 is 0 Å². The number of nitrogens with one attached hydrogen (secondary N) is 2. The first-order chi connectivity index (χ1) is 14.2. The minimum atomic E-state index is 0.131. The number of carbonyl (C=O) groups is 1. The third-order valence-electron chi connectivity index (χ3n) is 4.98. The molecule has 0 bridgehead atoms. The van der Waals surface area contributed by atoms with Crippen LogP contribution in [0.25, 0.3) is 0 Å². The Bertz CT molecular complexity index is 789. The lowest BCUT2D eigenvalue weighted by molar-refractivity contribution is -0.131. The predicted octanol–water partition coefficient (Wildman–Crippen LogP) is 1.44. The summed E-state index contributed by atoms with van der Waals surface area (Å²) in [4.78, 5) is 29.4. The zero-order valence-corrected chi connectivity index (χ0v) is 17.1. The molecule has 8 heteroatoms. The summed E-state index contributed by atoms with van der Waals surface area (Å²) in [5.41, 5.74) is 1.19. The number of guanidine groups is 1. The molecule has 2 heterocycles. The average Bonchev–Trinajstić information content (AvgIpc) is 2.79. The van der Waals surface area contributed by atoms with Crippen molar-refractivity contribution in [1.29, 1.82) is 0 Å². The summed E-state index contributed by atoms with van der Waals surface area (Å²) in [6.07, 6.45) is 3.92. The second-order valence-electron chi connectivity index (χ2n) is 6.94. The number of hydrogen-bond acceptors (Lipinski definition) is 5. The lowest BCUT2D eigenvalue weighted by Gasteiger charge is -2.34. The van der Waals surface area contributed by atoms with E-state index in [0.29, 0.717) is 32.0 Å². The van der Waals surface area contributed by atoms with Gasteiger partial charge in [-0.1, -0.05) is 30.3 Å². The van der Waals surface area contributed by atoms with E-state index in [2.05, 4.69) is 49.6 Å².